The first kappa shape index (κ1) is 19.5. The van der Waals surface area contributed by atoms with Gasteiger partial charge in [-0.2, -0.15) is 0 Å². The fraction of sp³-hybridized carbons (Fsp3) is 0.765. The highest BCUT2D eigenvalue weighted by molar-refractivity contribution is 6.02. The second-order valence-corrected chi connectivity index (χ2v) is 7.18. The third-order valence-corrected chi connectivity index (χ3v) is 4.58. The van der Waals surface area contributed by atoms with Gasteiger partial charge in [0.15, 0.2) is 18.0 Å². The zero-order valence-corrected chi connectivity index (χ0v) is 15.1. The predicted octanol–water partition coefficient (Wildman–Crippen LogP) is 0.940. The van der Waals surface area contributed by atoms with Crippen molar-refractivity contribution in [1.82, 2.24) is 0 Å². The van der Waals surface area contributed by atoms with E-state index in [9.17, 15) is 19.2 Å². The van der Waals surface area contributed by atoms with E-state index in [-0.39, 0.29) is 31.0 Å². The normalized spacial score (nSPS) is 29.5. The molecule has 0 aliphatic carbocycles. The molecule has 0 aromatic heterocycles. The van der Waals surface area contributed by atoms with Crippen molar-refractivity contribution in [3.63, 3.8) is 0 Å². The summed E-state index contributed by atoms with van der Waals surface area (Å²) >= 11 is 0. The molecule has 140 valence electrons. The zero-order chi connectivity index (χ0) is 19.0. The first-order valence-electron chi connectivity index (χ1n) is 8.20. The van der Waals surface area contributed by atoms with Gasteiger partial charge in [-0.1, -0.05) is 0 Å². The van der Waals surface area contributed by atoms with Crippen molar-refractivity contribution in [1.29, 1.82) is 0 Å². The van der Waals surface area contributed by atoms with Gasteiger partial charge < -0.3 is 23.7 Å². The summed E-state index contributed by atoms with van der Waals surface area (Å²) in [4.78, 5) is 47.3. The highest BCUT2D eigenvalue weighted by Gasteiger charge is 2.56. The summed E-state index contributed by atoms with van der Waals surface area (Å²) < 4.78 is 21.5. The van der Waals surface area contributed by atoms with Gasteiger partial charge in [-0.15, -0.1) is 0 Å². The second-order valence-electron chi connectivity index (χ2n) is 7.18. The summed E-state index contributed by atoms with van der Waals surface area (Å²) in [6.45, 7) is 7.23. The molecule has 0 amide bonds. The number of fused-ring (bicyclic) bond motifs is 1. The molecule has 0 N–H and O–H groups in total. The van der Waals surface area contributed by atoms with Crippen LogP contribution in [0.4, 0.5) is 0 Å². The number of hydrogen-bond acceptors (Lipinski definition) is 8. The minimum atomic E-state index is -1.42. The number of ketones is 2. The summed E-state index contributed by atoms with van der Waals surface area (Å²) in [6.07, 6.45) is -2.15. The number of rotatable bonds is 7. The number of carbonyl (C=O) groups excluding carboxylic acids is 4. The summed E-state index contributed by atoms with van der Waals surface area (Å²) in [5.74, 6) is -2.75. The van der Waals surface area contributed by atoms with Crippen LogP contribution >= 0.6 is 0 Å². The van der Waals surface area contributed by atoms with Gasteiger partial charge in [0.05, 0.1) is 0 Å². The standard InChI is InChI=1S/C17H24O8/c1-9(18)6-7-17(5,10(2)19)15(21)22-8-11-12-13(14(20)23-11)25-16(3,4)24-12/h11-13H,6-8H2,1-5H3/t11-,12-,13-,17-/m1/s1. The molecule has 2 aliphatic heterocycles. The lowest BCUT2D eigenvalue weighted by atomic mass is 9.81. The van der Waals surface area contributed by atoms with Gasteiger partial charge in [0.2, 0.25) is 0 Å². The average Bonchev–Trinajstić information content (AvgIpc) is 2.96. The Morgan fingerprint density at radius 2 is 1.84 bits per heavy atom. The van der Waals surface area contributed by atoms with Crippen LogP contribution in [-0.4, -0.2) is 54.2 Å². The van der Waals surface area contributed by atoms with E-state index in [1.807, 2.05) is 0 Å². The van der Waals surface area contributed by atoms with E-state index in [2.05, 4.69) is 0 Å². The van der Waals surface area contributed by atoms with Gasteiger partial charge in [0.1, 0.15) is 29.7 Å². The molecule has 0 unspecified atom stereocenters. The van der Waals surface area contributed by atoms with Gasteiger partial charge in [-0.05, 0) is 41.0 Å². The Balaban J connectivity index is 1.99. The molecule has 2 aliphatic rings. The van der Waals surface area contributed by atoms with Crippen molar-refractivity contribution in [2.75, 3.05) is 6.61 Å². The zero-order valence-electron chi connectivity index (χ0n) is 15.1. The van der Waals surface area contributed by atoms with Crippen LogP contribution in [0.1, 0.15) is 47.5 Å². The first-order chi connectivity index (χ1) is 11.5. The highest BCUT2D eigenvalue weighted by Crippen LogP contribution is 2.36. The van der Waals surface area contributed by atoms with Crippen LogP contribution in [-0.2, 0) is 38.1 Å². The molecule has 2 saturated heterocycles. The Morgan fingerprint density at radius 3 is 2.40 bits per heavy atom. The van der Waals surface area contributed by atoms with E-state index < -0.39 is 41.5 Å². The Labute approximate surface area is 146 Å². The van der Waals surface area contributed by atoms with Crippen LogP contribution in [0.25, 0.3) is 0 Å². The molecule has 0 spiro atoms. The van der Waals surface area contributed by atoms with Crippen LogP contribution < -0.4 is 0 Å². The summed E-state index contributed by atoms with van der Waals surface area (Å²) in [7, 11) is 0. The molecule has 0 radical (unpaired) electrons. The third kappa shape index (κ3) is 4.07. The van der Waals surface area contributed by atoms with E-state index in [1.54, 1.807) is 13.8 Å². The molecule has 8 heteroatoms. The molecule has 8 nitrogen and oxygen atoms in total. The Kier molecular flexibility index (Phi) is 5.34. The van der Waals surface area contributed by atoms with E-state index >= 15 is 0 Å². The highest BCUT2D eigenvalue weighted by atomic mass is 16.8. The molecular formula is C17H24O8. The van der Waals surface area contributed by atoms with E-state index in [0.717, 1.165) is 0 Å². The maximum Gasteiger partial charge on any atom is 0.338 e. The van der Waals surface area contributed by atoms with Crippen molar-refractivity contribution < 1.29 is 38.1 Å². The predicted molar refractivity (Wildman–Crippen MR) is 83.4 cm³/mol. The summed E-state index contributed by atoms with van der Waals surface area (Å²) in [5, 5.41) is 0. The molecule has 0 aromatic carbocycles. The van der Waals surface area contributed by atoms with E-state index in [4.69, 9.17) is 18.9 Å². The SMILES string of the molecule is CC(=O)CC[C@](C)(C(C)=O)C(=O)OC[C@H]1OC(=O)[C@@H]2OC(C)(C)O[C@H]12. The minimum Gasteiger partial charge on any atom is -0.461 e. The van der Waals surface area contributed by atoms with Gasteiger partial charge in [-0.3, -0.25) is 9.59 Å². The van der Waals surface area contributed by atoms with Gasteiger partial charge >= 0.3 is 11.9 Å². The molecule has 2 fully saturated rings. The van der Waals surface area contributed by atoms with Gasteiger partial charge in [0, 0.05) is 6.42 Å². The van der Waals surface area contributed by atoms with Crippen molar-refractivity contribution >= 4 is 23.5 Å². The lowest BCUT2D eigenvalue weighted by Crippen LogP contribution is -2.40. The Morgan fingerprint density at radius 1 is 1.20 bits per heavy atom. The molecule has 4 atom stereocenters. The maximum absolute atomic E-state index is 12.4. The fourth-order valence-electron chi connectivity index (χ4n) is 2.82. The molecular weight excluding hydrogens is 332 g/mol. The number of carbonyl (C=O) groups is 4. The number of Topliss-reactive ketones (excluding diaryl/α,β-unsaturated/α-hetero) is 2. The molecule has 0 aromatic rings. The van der Waals surface area contributed by atoms with Crippen molar-refractivity contribution in [2.24, 2.45) is 5.41 Å². The number of ether oxygens (including phenoxy) is 4. The lowest BCUT2D eigenvalue weighted by molar-refractivity contribution is -0.192. The van der Waals surface area contributed by atoms with Crippen LogP contribution in [0.5, 0.6) is 0 Å². The van der Waals surface area contributed by atoms with Crippen molar-refractivity contribution in [3.8, 4) is 0 Å². The fourth-order valence-corrected chi connectivity index (χ4v) is 2.82. The quantitative estimate of drug-likeness (QED) is 0.490. The molecule has 0 saturated carbocycles. The average molecular weight is 356 g/mol. The summed E-state index contributed by atoms with van der Waals surface area (Å²) in [6, 6.07) is 0. The summed E-state index contributed by atoms with van der Waals surface area (Å²) in [5.41, 5.74) is -1.42. The topological polar surface area (TPSA) is 105 Å². The first-order valence-corrected chi connectivity index (χ1v) is 8.20. The molecule has 0 bridgehead atoms. The van der Waals surface area contributed by atoms with Crippen LogP contribution in [0.2, 0.25) is 0 Å². The maximum atomic E-state index is 12.4. The van der Waals surface area contributed by atoms with Gasteiger partial charge in [0.25, 0.3) is 0 Å². The lowest BCUT2D eigenvalue weighted by Gasteiger charge is -2.26. The Hall–Kier alpha value is -1.80. The van der Waals surface area contributed by atoms with Crippen molar-refractivity contribution in [3.05, 3.63) is 0 Å². The minimum absolute atomic E-state index is 0.0691. The van der Waals surface area contributed by atoms with Crippen LogP contribution in [0.15, 0.2) is 0 Å². The van der Waals surface area contributed by atoms with E-state index in [0.29, 0.717) is 0 Å². The molecule has 2 rings (SSSR count). The molecule has 25 heavy (non-hydrogen) atoms. The largest absolute Gasteiger partial charge is 0.461 e. The third-order valence-electron chi connectivity index (χ3n) is 4.58. The number of esters is 2. The van der Waals surface area contributed by atoms with Crippen LogP contribution in [0.3, 0.4) is 0 Å². The molecule has 2 heterocycles. The smallest absolute Gasteiger partial charge is 0.338 e. The number of hydrogen-bond donors (Lipinski definition) is 0. The van der Waals surface area contributed by atoms with Gasteiger partial charge in [-0.25, -0.2) is 4.79 Å². The van der Waals surface area contributed by atoms with E-state index in [1.165, 1.54) is 20.8 Å². The second kappa shape index (κ2) is 6.84. The monoisotopic (exact) mass is 356 g/mol. The Bertz CT molecular complexity index is 595. The number of cyclic esters (lactones) is 1. The van der Waals surface area contributed by atoms with Crippen molar-refractivity contribution in [2.45, 2.75) is 71.6 Å². The van der Waals surface area contributed by atoms with Crippen LogP contribution in [0, 0.1) is 5.41 Å².